The van der Waals surface area contributed by atoms with Crippen molar-refractivity contribution in [2.45, 2.75) is 11.3 Å². The molecule has 0 bridgehead atoms. The van der Waals surface area contributed by atoms with Gasteiger partial charge in [-0.1, -0.05) is 0 Å². The van der Waals surface area contributed by atoms with Gasteiger partial charge < -0.3 is 10.5 Å². The molecule has 0 radical (unpaired) electrons. The Morgan fingerprint density at radius 1 is 1.22 bits per heavy atom. The third kappa shape index (κ3) is 4.13. The van der Waals surface area contributed by atoms with E-state index in [2.05, 4.69) is 10.5 Å². The van der Waals surface area contributed by atoms with E-state index in [0.29, 0.717) is 0 Å². The smallest absolute Gasteiger partial charge is 0.406 e. The molecule has 0 aromatic heterocycles. The van der Waals surface area contributed by atoms with Crippen LogP contribution in [0.2, 0.25) is 0 Å². The fraction of sp³-hybridized carbons (Fsp3) is 0.125. The van der Waals surface area contributed by atoms with E-state index in [1.807, 2.05) is 0 Å². The summed E-state index contributed by atoms with van der Waals surface area (Å²) < 4.78 is 63.2. The molecule has 100 valence electrons. The normalized spacial score (nSPS) is 11.9. The Labute approximate surface area is 99.6 Å². The highest BCUT2D eigenvalue weighted by molar-refractivity contribution is 7.90. The Kier molecular flexibility index (Phi) is 3.70. The van der Waals surface area contributed by atoms with E-state index < -0.39 is 33.1 Å². The van der Waals surface area contributed by atoms with Crippen LogP contribution in [0.25, 0.3) is 0 Å². The van der Waals surface area contributed by atoms with Gasteiger partial charge in [0.25, 0.3) is 10.0 Å². The van der Waals surface area contributed by atoms with Crippen LogP contribution in [-0.4, -0.2) is 20.8 Å². The summed E-state index contributed by atoms with van der Waals surface area (Å²) in [6.45, 7) is 0. The number of ether oxygens (including phenoxy) is 1. The first-order valence-corrected chi connectivity index (χ1v) is 5.76. The molecule has 0 saturated heterocycles. The first-order valence-electron chi connectivity index (χ1n) is 4.28. The van der Waals surface area contributed by atoms with E-state index in [1.165, 1.54) is 4.72 Å². The number of rotatable bonds is 3. The first kappa shape index (κ1) is 14.1. The van der Waals surface area contributed by atoms with Gasteiger partial charge in [0.2, 0.25) is 0 Å². The van der Waals surface area contributed by atoms with Crippen LogP contribution >= 0.6 is 0 Å². The number of halogens is 3. The fourth-order valence-corrected chi connectivity index (χ4v) is 1.89. The molecule has 0 saturated carbocycles. The van der Waals surface area contributed by atoms with Crippen molar-refractivity contribution in [3.05, 3.63) is 24.3 Å². The molecule has 18 heavy (non-hydrogen) atoms. The lowest BCUT2D eigenvalue weighted by molar-refractivity contribution is -0.274. The van der Waals surface area contributed by atoms with Gasteiger partial charge in [-0.2, -0.15) is 0 Å². The SMILES string of the molecule is NC(=O)NS(=O)(=O)c1ccc(OC(F)(F)F)cc1. The molecule has 0 unspecified atom stereocenters. The van der Waals surface area contributed by atoms with Gasteiger partial charge in [-0.25, -0.2) is 17.9 Å². The van der Waals surface area contributed by atoms with Crippen molar-refractivity contribution in [1.29, 1.82) is 0 Å². The number of alkyl halides is 3. The second kappa shape index (κ2) is 4.72. The Hall–Kier alpha value is -1.97. The molecule has 0 aliphatic heterocycles. The highest BCUT2D eigenvalue weighted by atomic mass is 32.2. The van der Waals surface area contributed by atoms with Gasteiger partial charge in [0.15, 0.2) is 0 Å². The van der Waals surface area contributed by atoms with E-state index in [4.69, 9.17) is 0 Å². The van der Waals surface area contributed by atoms with Crippen LogP contribution in [-0.2, 0) is 10.0 Å². The minimum atomic E-state index is -4.87. The maximum atomic E-state index is 11.8. The van der Waals surface area contributed by atoms with Gasteiger partial charge in [-0.15, -0.1) is 13.2 Å². The lowest BCUT2D eigenvalue weighted by atomic mass is 10.3. The van der Waals surface area contributed by atoms with Crippen molar-refractivity contribution in [3.8, 4) is 5.75 Å². The zero-order valence-electron chi connectivity index (χ0n) is 8.56. The van der Waals surface area contributed by atoms with Gasteiger partial charge in [0.05, 0.1) is 4.90 Å². The number of sulfonamides is 1. The molecule has 0 spiro atoms. The number of carbonyl (C=O) groups is 1. The molecule has 2 amide bonds. The highest BCUT2D eigenvalue weighted by Crippen LogP contribution is 2.23. The van der Waals surface area contributed by atoms with Crippen molar-refractivity contribution < 1.29 is 31.1 Å². The van der Waals surface area contributed by atoms with E-state index in [-0.39, 0.29) is 0 Å². The van der Waals surface area contributed by atoms with Gasteiger partial charge in [0, 0.05) is 0 Å². The topological polar surface area (TPSA) is 98.5 Å². The zero-order valence-corrected chi connectivity index (χ0v) is 9.38. The van der Waals surface area contributed by atoms with E-state index in [1.54, 1.807) is 0 Å². The van der Waals surface area contributed by atoms with Crippen LogP contribution in [0.1, 0.15) is 0 Å². The largest absolute Gasteiger partial charge is 0.573 e. The maximum Gasteiger partial charge on any atom is 0.573 e. The lowest BCUT2D eigenvalue weighted by Crippen LogP contribution is -2.34. The molecule has 0 heterocycles. The minimum Gasteiger partial charge on any atom is -0.406 e. The molecule has 0 atom stereocenters. The first-order chi connectivity index (χ1) is 8.10. The molecule has 1 aromatic rings. The Balaban J connectivity index is 2.93. The highest BCUT2D eigenvalue weighted by Gasteiger charge is 2.31. The van der Waals surface area contributed by atoms with Gasteiger partial charge >= 0.3 is 12.4 Å². The van der Waals surface area contributed by atoms with Crippen LogP contribution in [0.15, 0.2) is 29.2 Å². The molecule has 1 rings (SSSR count). The van der Waals surface area contributed by atoms with Crippen LogP contribution in [0.3, 0.4) is 0 Å². The van der Waals surface area contributed by atoms with Crippen molar-refractivity contribution in [2.75, 3.05) is 0 Å². The summed E-state index contributed by atoms with van der Waals surface area (Å²) >= 11 is 0. The Bertz CT molecular complexity index is 538. The summed E-state index contributed by atoms with van der Waals surface area (Å²) in [6.07, 6.45) is -4.87. The quantitative estimate of drug-likeness (QED) is 0.863. The third-order valence-corrected chi connectivity index (χ3v) is 2.97. The molecule has 3 N–H and O–H groups in total. The number of hydrogen-bond donors (Lipinski definition) is 2. The number of nitrogens with one attached hydrogen (secondary N) is 1. The number of nitrogens with two attached hydrogens (primary N) is 1. The van der Waals surface area contributed by atoms with Crippen LogP contribution in [0.4, 0.5) is 18.0 Å². The standard InChI is InChI=1S/C8H7F3N2O4S/c9-8(10,11)17-5-1-3-6(4-2-5)18(15,16)13-7(12)14/h1-4H,(H3,12,13,14). The second-order valence-electron chi connectivity index (χ2n) is 2.99. The summed E-state index contributed by atoms with van der Waals surface area (Å²) in [5.41, 5.74) is 4.63. The summed E-state index contributed by atoms with van der Waals surface area (Å²) in [6, 6.07) is 1.97. The van der Waals surface area contributed by atoms with E-state index >= 15 is 0 Å². The number of primary amides is 1. The van der Waals surface area contributed by atoms with Crippen LogP contribution in [0.5, 0.6) is 5.75 Å². The van der Waals surface area contributed by atoms with Gasteiger partial charge in [-0.3, -0.25) is 0 Å². The lowest BCUT2D eigenvalue weighted by Gasteiger charge is -2.09. The van der Waals surface area contributed by atoms with Crippen molar-refractivity contribution in [1.82, 2.24) is 4.72 Å². The predicted octanol–water partition coefficient (Wildman–Crippen LogP) is 0.942. The average Bonchev–Trinajstić information content (AvgIpc) is 2.13. The molecule has 10 heteroatoms. The van der Waals surface area contributed by atoms with Crippen LogP contribution < -0.4 is 15.2 Å². The zero-order chi connectivity index (χ0) is 14.0. The van der Waals surface area contributed by atoms with Crippen LogP contribution in [0, 0.1) is 0 Å². The predicted molar refractivity (Wildman–Crippen MR) is 53.0 cm³/mol. The van der Waals surface area contributed by atoms with Gasteiger partial charge in [0.1, 0.15) is 5.75 Å². The number of benzene rings is 1. The second-order valence-corrected chi connectivity index (χ2v) is 4.67. The van der Waals surface area contributed by atoms with Gasteiger partial charge in [-0.05, 0) is 24.3 Å². The molecule has 1 aromatic carbocycles. The molecular formula is C8H7F3N2O4S. The summed E-state index contributed by atoms with van der Waals surface area (Å²) in [7, 11) is -4.18. The molecule has 0 fully saturated rings. The van der Waals surface area contributed by atoms with Crippen molar-refractivity contribution >= 4 is 16.1 Å². The maximum absolute atomic E-state index is 11.8. The number of amides is 2. The minimum absolute atomic E-state index is 0.421. The molecular weight excluding hydrogens is 277 g/mol. The fourth-order valence-electron chi connectivity index (χ4n) is 1.01. The molecule has 0 aliphatic rings. The van der Waals surface area contributed by atoms with E-state index in [0.717, 1.165) is 24.3 Å². The number of urea groups is 1. The Morgan fingerprint density at radius 2 is 1.72 bits per heavy atom. The van der Waals surface area contributed by atoms with Crippen molar-refractivity contribution in [3.63, 3.8) is 0 Å². The molecule has 0 aliphatic carbocycles. The number of carbonyl (C=O) groups excluding carboxylic acids is 1. The monoisotopic (exact) mass is 284 g/mol. The number of hydrogen-bond acceptors (Lipinski definition) is 4. The summed E-state index contributed by atoms with van der Waals surface area (Å²) in [4.78, 5) is 9.98. The van der Waals surface area contributed by atoms with E-state index in [9.17, 15) is 26.4 Å². The summed E-state index contributed by atoms with van der Waals surface area (Å²) in [5.74, 6) is -0.583. The molecule has 6 nitrogen and oxygen atoms in total. The summed E-state index contributed by atoms with van der Waals surface area (Å²) in [5, 5.41) is 0. The Morgan fingerprint density at radius 3 is 2.11 bits per heavy atom. The third-order valence-electron chi connectivity index (χ3n) is 1.60. The van der Waals surface area contributed by atoms with Crippen molar-refractivity contribution in [2.24, 2.45) is 5.73 Å². The average molecular weight is 284 g/mol.